The number of rotatable bonds is 1. The average molecular weight is 431 g/mol. The largest absolute Gasteiger partial charge is 0.347 e. The van der Waals surface area contributed by atoms with Crippen LogP contribution in [-0.4, -0.2) is 41.9 Å². The average Bonchev–Trinajstić information content (AvgIpc) is 3.52. The van der Waals surface area contributed by atoms with Crippen molar-refractivity contribution >= 4 is 33.0 Å². The summed E-state index contributed by atoms with van der Waals surface area (Å²) >= 11 is 1.69. The van der Waals surface area contributed by atoms with E-state index in [1.807, 2.05) is 35.7 Å². The zero-order valence-electron chi connectivity index (χ0n) is 17.4. The molecule has 1 N–H and O–H groups in total. The zero-order chi connectivity index (χ0) is 21.4. The van der Waals surface area contributed by atoms with Crippen LogP contribution in [-0.2, 0) is 13.0 Å². The lowest BCUT2D eigenvalue weighted by Gasteiger charge is -2.25. The van der Waals surface area contributed by atoms with Crippen LogP contribution in [0.4, 0.5) is 0 Å². The second kappa shape index (κ2) is 7.96. The van der Waals surface area contributed by atoms with Crippen LogP contribution in [0.2, 0.25) is 0 Å². The molecule has 4 aromatic heterocycles. The van der Waals surface area contributed by atoms with E-state index in [1.165, 1.54) is 10.3 Å². The molecular weight excluding hydrogens is 408 g/mol. The monoisotopic (exact) mass is 430 g/mol. The van der Waals surface area contributed by atoms with Crippen molar-refractivity contribution in [1.29, 1.82) is 0 Å². The molecule has 0 spiro atoms. The quantitative estimate of drug-likeness (QED) is 0.433. The van der Waals surface area contributed by atoms with Crippen LogP contribution in [0.25, 0.3) is 15.7 Å². The van der Waals surface area contributed by atoms with E-state index in [4.69, 9.17) is 0 Å². The number of H-pyrrole nitrogens is 1. The van der Waals surface area contributed by atoms with Crippen LogP contribution in [0.3, 0.4) is 0 Å². The van der Waals surface area contributed by atoms with E-state index >= 15 is 0 Å². The molecule has 0 saturated heterocycles. The van der Waals surface area contributed by atoms with Crippen molar-refractivity contribution in [2.45, 2.75) is 26.8 Å². The first kappa shape index (κ1) is 19.4. The summed E-state index contributed by atoms with van der Waals surface area (Å²) in [5, 5.41) is 4.28. The summed E-state index contributed by atoms with van der Waals surface area (Å²) in [7, 11) is 0. The van der Waals surface area contributed by atoms with Crippen molar-refractivity contribution in [2.24, 2.45) is 0 Å². The van der Waals surface area contributed by atoms with Gasteiger partial charge in [-0.2, -0.15) is 5.10 Å². The molecule has 1 aromatic carbocycles. The fraction of sp³-hybridized carbons (Fsp3) is 0.217. The molecule has 1 aliphatic rings. The standard InChI is InChI=1S/C15H15N5O.C8H7NS/c1-10-2-3-14-11(6-18-20(14)7-10)15(21)19-5-4-12-13(8-19)17-9-16-12;1-6-3-2-4-7-8(6)9-5-10-7/h2-3,6-7,9H,4-5,8H2,1H3,(H,16,17);2-5H,1H3. The van der Waals surface area contributed by atoms with E-state index in [0.29, 0.717) is 18.7 Å². The van der Waals surface area contributed by atoms with E-state index in [1.54, 1.807) is 28.4 Å². The number of pyridine rings is 1. The Hall–Kier alpha value is -3.52. The lowest BCUT2D eigenvalue weighted by molar-refractivity contribution is 0.0734. The van der Waals surface area contributed by atoms with Gasteiger partial charge in [0.2, 0.25) is 0 Å². The van der Waals surface area contributed by atoms with Gasteiger partial charge >= 0.3 is 0 Å². The number of aromatic amines is 1. The molecule has 1 aliphatic heterocycles. The van der Waals surface area contributed by atoms with Gasteiger partial charge in [-0.3, -0.25) is 4.79 Å². The molecule has 6 rings (SSSR count). The number of aryl methyl sites for hydroxylation is 2. The van der Waals surface area contributed by atoms with Crippen LogP contribution >= 0.6 is 11.3 Å². The highest BCUT2D eigenvalue weighted by atomic mass is 32.1. The van der Waals surface area contributed by atoms with Gasteiger partial charge in [0, 0.05) is 19.2 Å². The molecule has 0 saturated carbocycles. The number of nitrogens with one attached hydrogen (secondary N) is 1. The minimum Gasteiger partial charge on any atom is -0.347 e. The van der Waals surface area contributed by atoms with Crippen molar-refractivity contribution in [2.75, 3.05) is 6.54 Å². The first-order chi connectivity index (χ1) is 15.1. The number of thiazole rings is 1. The predicted molar refractivity (Wildman–Crippen MR) is 121 cm³/mol. The Morgan fingerprint density at radius 3 is 2.94 bits per heavy atom. The fourth-order valence-electron chi connectivity index (χ4n) is 3.84. The molecule has 0 unspecified atom stereocenters. The van der Waals surface area contributed by atoms with E-state index < -0.39 is 0 Å². The molecule has 8 heteroatoms. The number of fused-ring (bicyclic) bond motifs is 3. The third-order valence-electron chi connectivity index (χ3n) is 5.52. The number of para-hydroxylation sites is 1. The predicted octanol–water partition coefficient (Wildman–Crippen LogP) is 4.17. The minimum absolute atomic E-state index is 0.0223. The van der Waals surface area contributed by atoms with Crippen LogP contribution < -0.4 is 0 Å². The Balaban J connectivity index is 0.000000171. The van der Waals surface area contributed by atoms with Gasteiger partial charge < -0.3 is 9.88 Å². The number of hydrogen-bond donors (Lipinski definition) is 1. The number of benzene rings is 1. The first-order valence-corrected chi connectivity index (χ1v) is 11.0. The summed E-state index contributed by atoms with van der Waals surface area (Å²) < 4.78 is 3.04. The van der Waals surface area contributed by atoms with Gasteiger partial charge in [0.15, 0.2) is 0 Å². The molecule has 0 aliphatic carbocycles. The third kappa shape index (κ3) is 3.70. The first-order valence-electron chi connectivity index (χ1n) is 10.1. The highest BCUT2D eigenvalue weighted by Gasteiger charge is 2.25. The number of carbonyl (C=O) groups is 1. The SMILES string of the molecule is Cc1ccc2c(C(=O)N3CCc4nc[nH]c4C3)cnn2c1.Cc1cccc2scnc12. The molecule has 5 aromatic rings. The van der Waals surface area contributed by atoms with E-state index in [2.05, 4.69) is 45.2 Å². The molecule has 31 heavy (non-hydrogen) atoms. The van der Waals surface area contributed by atoms with E-state index in [0.717, 1.165) is 34.4 Å². The molecular formula is C23H22N6OS. The maximum Gasteiger partial charge on any atom is 0.258 e. The Morgan fingerprint density at radius 2 is 2.06 bits per heavy atom. The molecule has 1 amide bonds. The summed E-state index contributed by atoms with van der Waals surface area (Å²) in [6, 6.07) is 10.2. The number of imidazole rings is 1. The van der Waals surface area contributed by atoms with Crippen molar-refractivity contribution in [3.63, 3.8) is 0 Å². The summed E-state index contributed by atoms with van der Waals surface area (Å²) in [5.41, 5.74) is 9.00. The minimum atomic E-state index is 0.0223. The molecule has 0 fully saturated rings. The lowest BCUT2D eigenvalue weighted by Crippen LogP contribution is -2.36. The van der Waals surface area contributed by atoms with E-state index in [-0.39, 0.29) is 5.91 Å². The number of hydrogen-bond acceptors (Lipinski definition) is 5. The second-order valence-electron chi connectivity index (χ2n) is 7.67. The van der Waals surface area contributed by atoms with Crippen LogP contribution in [0, 0.1) is 13.8 Å². The molecule has 156 valence electrons. The topological polar surface area (TPSA) is 79.2 Å². The summed E-state index contributed by atoms with van der Waals surface area (Å²) in [6.45, 7) is 5.37. The van der Waals surface area contributed by atoms with Crippen molar-refractivity contribution in [1.82, 2.24) is 29.5 Å². The molecule has 0 atom stereocenters. The molecule has 7 nitrogen and oxygen atoms in total. The Bertz CT molecular complexity index is 1380. The van der Waals surface area contributed by atoms with Gasteiger partial charge in [-0.25, -0.2) is 14.5 Å². The van der Waals surface area contributed by atoms with Crippen LogP contribution in [0.5, 0.6) is 0 Å². The van der Waals surface area contributed by atoms with E-state index in [9.17, 15) is 4.79 Å². The highest BCUT2D eigenvalue weighted by Crippen LogP contribution is 2.21. The van der Waals surface area contributed by atoms with Gasteiger partial charge in [0.25, 0.3) is 5.91 Å². The van der Waals surface area contributed by atoms with Crippen molar-refractivity contribution in [3.8, 4) is 0 Å². The Labute approximate surface area is 183 Å². The molecule has 0 radical (unpaired) electrons. The van der Waals surface area contributed by atoms with Gasteiger partial charge in [0.1, 0.15) is 0 Å². The van der Waals surface area contributed by atoms with Gasteiger partial charge in [-0.1, -0.05) is 18.2 Å². The maximum atomic E-state index is 12.7. The lowest BCUT2D eigenvalue weighted by atomic mass is 10.1. The summed E-state index contributed by atoms with van der Waals surface area (Å²) in [5.74, 6) is 0.0223. The van der Waals surface area contributed by atoms with Gasteiger partial charge in [-0.15, -0.1) is 11.3 Å². The normalized spacial score (nSPS) is 13.2. The highest BCUT2D eigenvalue weighted by molar-refractivity contribution is 7.16. The maximum absolute atomic E-state index is 12.7. The van der Waals surface area contributed by atoms with Crippen LogP contribution in [0.15, 0.2) is 54.6 Å². The fourth-order valence-corrected chi connectivity index (χ4v) is 4.59. The number of amides is 1. The van der Waals surface area contributed by atoms with Gasteiger partial charge in [-0.05, 0) is 37.1 Å². The van der Waals surface area contributed by atoms with Crippen molar-refractivity contribution < 1.29 is 4.79 Å². The molecule has 5 heterocycles. The van der Waals surface area contributed by atoms with Crippen molar-refractivity contribution in [3.05, 3.63) is 82.6 Å². The van der Waals surface area contributed by atoms with Gasteiger partial charge in [0.05, 0.1) is 57.3 Å². The Kier molecular flexibility index (Phi) is 4.99. The third-order valence-corrected chi connectivity index (χ3v) is 6.31. The molecule has 0 bridgehead atoms. The number of carbonyl (C=O) groups excluding carboxylic acids is 1. The zero-order valence-corrected chi connectivity index (χ0v) is 18.2. The number of nitrogens with zero attached hydrogens (tertiary/aromatic N) is 5. The smallest absolute Gasteiger partial charge is 0.258 e. The summed E-state index contributed by atoms with van der Waals surface area (Å²) in [4.78, 5) is 26.2. The van der Waals surface area contributed by atoms with Crippen LogP contribution in [0.1, 0.15) is 32.9 Å². The Morgan fingerprint density at radius 1 is 1.16 bits per heavy atom. The second-order valence-corrected chi connectivity index (χ2v) is 8.56. The summed E-state index contributed by atoms with van der Waals surface area (Å²) in [6.07, 6.45) is 6.06. The number of aromatic nitrogens is 5.